The Balaban J connectivity index is 1.57. The van der Waals surface area contributed by atoms with E-state index in [1.807, 2.05) is 43.9 Å². The van der Waals surface area contributed by atoms with E-state index in [-0.39, 0.29) is 30.8 Å². The Morgan fingerprint density at radius 3 is 2.54 bits per heavy atom. The Morgan fingerprint density at radius 2 is 1.93 bits per heavy atom. The van der Waals surface area contributed by atoms with Crippen LogP contribution in [0.3, 0.4) is 0 Å². The van der Waals surface area contributed by atoms with Gasteiger partial charge in [0.25, 0.3) is 0 Å². The molecular formula is C22H30N2O4. The summed E-state index contributed by atoms with van der Waals surface area (Å²) in [6, 6.07) is 10.4. The molecule has 3 rings (SSSR count). The largest absolute Gasteiger partial charge is 0.445 e. The van der Waals surface area contributed by atoms with Crippen LogP contribution >= 0.6 is 0 Å². The molecule has 2 atom stereocenters. The van der Waals surface area contributed by atoms with Gasteiger partial charge in [-0.25, -0.2) is 9.59 Å². The fourth-order valence-electron chi connectivity index (χ4n) is 3.58. The lowest BCUT2D eigenvalue weighted by Gasteiger charge is -2.41. The number of amides is 2. The molecule has 1 aromatic rings. The summed E-state index contributed by atoms with van der Waals surface area (Å²) in [5.74, 6) is 0.584. The summed E-state index contributed by atoms with van der Waals surface area (Å²) in [7, 11) is 0. The predicted molar refractivity (Wildman–Crippen MR) is 107 cm³/mol. The maximum Gasteiger partial charge on any atom is 0.410 e. The molecule has 28 heavy (non-hydrogen) atoms. The number of carbonyl (C=O) groups excluding carboxylic acids is 2. The maximum atomic E-state index is 12.6. The minimum atomic E-state index is -0.500. The number of carbonyl (C=O) groups is 2. The number of hydrogen-bond donors (Lipinski definition) is 0. The average molecular weight is 386 g/mol. The highest BCUT2D eigenvalue weighted by Crippen LogP contribution is 2.45. The summed E-state index contributed by atoms with van der Waals surface area (Å²) in [6.07, 6.45) is 1.91. The molecule has 1 aliphatic heterocycles. The quantitative estimate of drug-likeness (QED) is 0.693. The number of benzene rings is 1. The standard InChI is InChI=1S/C22H30N2O4/c1-5-11-27-21(26)24(19-12-18(19)17-9-7-6-8-10-17)15-16-13-23(14-16)20(25)28-22(2,3)4/h5-10,16,18-19H,1,11-15H2,2-4H3/t18-,19+/m0/s1. The third kappa shape index (κ3) is 5.06. The lowest BCUT2D eigenvalue weighted by Crippen LogP contribution is -2.55. The Kier molecular flexibility index (Phi) is 5.96. The highest BCUT2D eigenvalue weighted by atomic mass is 16.6. The first-order valence-corrected chi connectivity index (χ1v) is 9.85. The molecule has 1 saturated carbocycles. The van der Waals surface area contributed by atoms with Crippen LogP contribution in [0.5, 0.6) is 0 Å². The van der Waals surface area contributed by atoms with Gasteiger partial charge >= 0.3 is 12.2 Å². The van der Waals surface area contributed by atoms with Crippen molar-refractivity contribution in [1.29, 1.82) is 0 Å². The smallest absolute Gasteiger partial charge is 0.410 e. The molecule has 1 saturated heterocycles. The Morgan fingerprint density at radius 1 is 1.25 bits per heavy atom. The highest BCUT2D eigenvalue weighted by Gasteiger charge is 2.47. The molecule has 0 bridgehead atoms. The molecule has 0 N–H and O–H groups in total. The zero-order chi connectivity index (χ0) is 20.3. The van der Waals surface area contributed by atoms with Crippen LogP contribution in [-0.2, 0) is 9.47 Å². The number of ether oxygens (including phenoxy) is 2. The monoisotopic (exact) mass is 386 g/mol. The van der Waals surface area contributed by atoms with Gasteiger partial charge in [-0.3, -0.25) is 0 Å². The second-order valence-corrected chi connectivity index (χ2v) is 8.59. The van der Waals surface area contributed by atoms with Crippen molar-refractivity contribution < 1.29 is 19.1 Å². The van der Waals surface area contributed by atoms with Gasteiger partial charge in [-0.1, -0.05) is 43.0 Å². The van der Waals surface area contributed by atoms with Gasteiger partial charge in [-0.15, -0.1) is 0 Å². The van der Waals surface area contributed by atoms with E-state index < -0.39 is 5.60 Å². The zero-order valence-corrected chi connectivity index (χ0v) is 17.0. The second-order valence-electron chi connectivity index (χ2n) is 8.59. The predicted octanol–water partition coefficient (Wildman–Crippen LogP) is 4.03. The molecule has 6 heteroatoms. The van der Waals surface area contributed by atoms with Gasteiger partial charge in [0.1, 0.15) is 12.2 Å². The topological polar surface area (TPSA) is 59.1 Å². The van der Waals surface area contributed by atoms with Crippen molar-refractivity contribution in [2.45, 2.75) is 44.8 Å². The first-order valence-electron chi connectivity index (χ1n) is 9.85. The van der Waals surface area contributed by atoms with Gasteiger partial charge in [0.05, 0.1) is 0 Å². The zero-order valence-electron chi connectivity index (χ0n) is 17.0. The van der Waals surface area contributed by atoms with E-state index in [9.17, 15) is 9.59 Å². The van der Waals surface area contributed by atoms with Crippen LogP contribution in [0.2, 0.25) is 0 Å². The van der Waals surface area contributed by atoms with Crippen LogP contribution in [0.15, 0.2) is 43.0 Å². The SMILES string of the molecule is C=CCOC(=O)N(CC1CN(C(=O)OC(C)(C)C)C1)[C@@H]1C[C@H]1c1ccccc1. The number of likely N-dealkylation sites (tertiary alicyclic amines) is 1. The van der Waals surface area contributed by atoms with Crippen LogP contribution in [0.1, 0.15) is 38.7 Å². The number of nitrogens with zero attached hydrogens (tertiary/aromatic N) is 2. The average Bonchev–Trinajstić information content (AvgIpc) is 3.38. The molecule has 0 aromatic heterocycles. The van der Waals surface area contributed by atoms with E-state index in [1.165, 1.54) is 5.56 Å². The summed E-state index contributed by atoms with van der Waals surface area (Å²) in [4.78, 5) is 28.2. The first kappa shape index (κ1) is 20.2. The van der Waals surface area contributed by atoms with Crippen molar-refractivity contribution in [1.82, 2.24) is 9.80 Å². The molecule has 0 radical (unpaired) electrons. The maximum absolute atomic E-state index is 12.6. The summed E-state index contributed by atoms with van der Waals surface area (Å²) in [6.45, 7) is 11.2. The Labute approximate surface area is 167 Å². The molecule has 1 aliphatic carbocycles. The normalized spacial score (nSPS) is 21.5. The molecule has 1 heterocycles. The summed E-state index contributed by atoms with van der Waals surface area (Å²) in [5, 5.41) is 0. The van der Waals surface area contributed by atoms with Crippen molar-refractivity contribution in [3.05, 3.63) is 48.6 Å². The van der Waals surface area contributed by atoms with Crippen LogP contribution in [0.4, 0.5) is 9.59 Å². The molecule has 6 nitrogen and oxygen atoms in total. The second kappa shape index (κ2) is 8.25. The van der Waals surface area contributed by atoms with Crippen LogP contribution in [-0.4, -0.2) is 59.9 Å². The molecule has 2 aliphatic rings. The van der Waals surface area contributed by atoms with Gasteiger partial charge in [-0.2, -0.15) is 0 Å². The summed E-state index contributed by atoms with van der Waals surface area (Å²) < 4.78 is 10.7. The lowest BCUT2D eigenvalue weighted by molar-refractivity contribution is -0.00656. The number of rotatable bonds is 6. The fourth-order valence-corrected chi connectivity index (χ4v) is 3.58. The van der Waals surface area contributed by atoms with Gasteiger partial charge in [-0.05, 0) is 32.8 Å². The van der Waals surface area contributed by atoms with Crippen LogP contribution in [0.25, 0.3) is 0 Å². The molecule has 152 valence electrons. The van der Waals surface area contributed by atoms with Crippen molar-refractivity contribution >= 4 is 12.2 Å². The molecule has 2 fully saturated rings. The molecule has 0 spiro atoms. The summed E-state index contributed by atoms with van der Waals surface area (Å²) >= 11 is 0. The lowest BCUT2D eigenvalue weighted by atomic mass is 10.00. The van der Waals surface area contributed by atoms with E-state index in [2.05, 4.69) is 18.7 Å². The fraction of sp³-hybridized carbons (Fsp3) is 0.545. The molecule has 0 unspecified atom stereocenters. The summed E-state index contributed by atoms with van der Waals surface area (Å²) in [5.41, 5.74) is 0.748. The highest BCUT2D eigenvalue weighted by molar-refractivity contribution is 5.70. The van der Waals surface area contributed by atoms with Crippen LogP contribution in [0, 0.1) is 5.92 Å². The van der Waals surface area contributed by atoms with E-state index >= 15 is 0 Å². The minimum absolute atomic E-state index is 0.148. The van der Waals surface area contributed by atoms with Crippen molar-refractivity contribution in [2.24, 2.45) is 5.92 Å². The van der Waals surface area contributed by atoms with E-state index in [4.69, 9.17) is 9.47 Å². The van der Waals surface area contributed by atoms with Crippen LogP contribution < -0.4 is 0 Å². The molecule has 1 aromatic carbocycles. The van der Waals surface area contributed by atoms with Gasteiger partial charge in [0.2, 0.25) is 0 Å². The molecular weight excluding hydrogens is 356 g/mol. The van der Waals surface area contributed by atoms with Crippen molar-refractivity contribution in [3.8, 4) is 0 Å². The van der Waals surface area contributed by atoms with E-state index in [1.54, 1.807) is 11.0 Å². The minimum Gasteiger partial charge on any atom is -0.445 e. The van der Waals surface area contributed by atoms with Gasteiger partial charge < -0.3 is 19.3 Å². The first-order chi connectivity index (χ1) is 13.3. The van der Waals surface area contributed by atoms with E-state index in [0.717, 1.165) is 6.42 Å². The van der Waals surface area contributed by atoms with Crippen molar-refractivity contribution in [2.75, 3.05) is 26.2 Å². The van der Waals surface area contributed by atoms with E-state index in [0.29, 0.717) is 25.6 Å². The Hall–Kier alpha value is -2.50. The number of hydrogen-bond acceptors (Lipinski definition) is 4. The third-order valence-electron chi connectivity index (χ3n) is 5.01. The van der Waals surface area contributed by atoms with Crippen molar-refractivity contribution in [3.63, 3.8) is 0 Å². The Bertz CT molecular complexity index is 707. The van der Waals surface area contributed by atoms with Gasteiger partial charge in [0.15, 0.2) is 0 Å². The van der Waals surface area contributed by atoms with Gasteiger partial charge in [0, 0.05) is 37.5 Å². The molecule has 2 amide bonds. The third-order valence-corrected chi connectivity index (χ3v) is 5.01.